The third kappa shape index (κ3) is 3.70. The molecule has 7 nitrogen and oxygen atoms in total. The fourth-order valence-corrected chi connectivity index (χ4v) is 4.78. The Morgan fingerprint density at radius 2 is 1.96 bits per heavy atom. The Hall–Kier alpha value is -2.58. The van der Waals surface area contributed by atoms with Crippen LogP contribution in [-0.2, 0) is 22.9 Å². The summed E-state index contributed by atoms with van der Waals surface area (Å²) >= 11 is 0. The highest BCUT2D eigenvalue weighted by Gasteiger charge is 2.29. The molecular formula is C20H22N4O3S. The number of pyridine rings is 1. The molecular weight excluding hydrogens is 376 g/mol. The molecule has 1 N–H and O–H groups in total. The molecule has 8 heteroatoms. The lowest BCUT2D eigenvalue weighted by atomic mass is 10.1. The number of aryl methyl sites for hydroxylation is 2. The molecule has 3 aromatic rings. The van der Waals surface area contributed by atoms with E-state index in [0.29, 0.717) is 11.4 Å². The van der Waals surface area contributed by atoms with Gasteiger partial charge in [0.25, 0.3) is 0 Å². The van der Waals surface area contributed by atoms with Crippen LogP contribution >= 0.6 is 0 Å². The predicted octanol–water partition coefficient (Wildman–Crippen LogP) is 3.30. The largest absolute Gasteiger partial charge is 0.337 e. The van der Waals surface area contributed by atoms with Gasteiger partial charge in [-0.25, -0.2) is 8.42 Å². The Morgan fingerprint density at radius 1 is 1.14 bits per heavy atom. The van der Waals surface area contributed by atoms with Gasteiger partial charge in [0, 0.05) is 18.0 Å². The first-order valence-electron chi connectivity index (χ1n) is 9.32. The van der Waals surface area contributed by atoms with Crippen molar-refractivity contribution in [1.82, 2.24) is 19.8 Å². The molecule has 0 radical (unpaired) electrons. The molecule has 0 fully saturated rings. The van der Waals surface area contributed by atoms with Crippen LogP contribution in [0.4, 0.5) is 0 Å². The summed E-state index contributed by atoms with van der Waals surface area (Å²) in [5, 5.41) is 3.98. The molecule has 0 unspecified atom stereocenters. The first-order valence-corrected chi connectivity index (χ1v) is 10.8. The molecule has 1 aliphatic carbocycles. The van der Waals surface area contributed by atoms with Gasteiger partial charge in [-0.1, -0.05) is 25.1 Å². The highest BCUT2D eigenvalue weighted by Crippen LogP contribution is 2.28. The number of hydrogen-bond donors (Lipinski definition) is 1. The summed E-state index contributed by atoms with van der Waals surface area (Å²) in [4.78, 5) is 8.71. The van der Waals surface area contributed by atoms with Gasteiger partial charge in [-0.2, -0.15) is 9.71 Å². The summed E-state index contributed by atoms with van der Waals surface area (Å²) in [5.74, 6) is 0.537. The van der Waals surface area contributed by atoms with Gasteiger partial charge in [-0.05, 0) is 60.6 Å². The molecule has 0 saturated carbocycles. The summed E-state index contributed by atoms with van der Waals surface area (Å²) in [6, 6.07) is 8.32. The van der Waals surface area contributed by atoms with Gasteiger partial charge in [-0.15, -0.1) is 0 Å². The first-order chi connectivity index (χ1) is 13.4. The Balaban J connectivity index is 1.61. The fourth-order valence-electron chi connectivity index (χ4n) is 3.40. The molecule has 0 spiro atoms. The van der Waals surface area contributed by atoms with Gasteiger partial charge in [0.05, 0.1) is 4.90 Å². The number of fused-ring (bicyclic) bond motifs is 1. The highest BCUT2D eigenvalue weighted by atomic mass is 32.2. The summed E-state index contributed by atoms with van der Waals surface area (Å²) in [7, 11) is -3.72. The molecule has 0 bridgehead atoms. The quantitative estimate of drug-likeness (QED) is 0.684. The van der Waals surface area contributed by atoms with E-state index in [2.05, 4.69) is 19.8 Å². The molecule has 1 aromatic carbocycles. The van der Waals surface area contributed by atoms with Crippen molar-refractivity contribution in [2.24, 2.45) is 5.92 Å². The predicted molar refractivity (Wildman–Crippen MR) is 104 cm³/mol. The van der Waals surface area contributed by atoms with Crippen molar-refractivity contribution >= 4 is 10.0 Å². The minimum Gasteiger partial charge on any atom is -0.337 e. The van der Waals surface area contributed by atoms with E-state index in [4.69, 9.17) is 4.52 Å². The van der Waals surface area contributed by atoms with Crippen LogP contribution in [-0.4, -0.2) is 23.5 Å². The zero-order valence-electron chi connectivity index (χ0n) is 15.8. The number of nitrogens with zero attached hydrogens (tertiary/aromatic N) is 3. The van der Waals surface area contributed by atoms with Crippen LogP contribution in [0, 0.1) is 5.92 Å². The third-order valence-electron chi connectivity index (χ3n) is 4.96. The van der Waals surface area contributed by atoms with Gasteiger partial charge in [0.1, 0.15) is 6.04 Å². The number of nitrogens with one attached hydrogen (secondary N) is 1. The van der Waals surface area contributed by atoms with Gasteiger partial charge < -0.3 is 4.52 Å². The van der Waals surface area contributed by atoms with E-state index in [0.717, 1.165) is 24.8 Å². The lowest BCUT2D eigenvalue weighted by Crippen LogP contribution is -2.32. The normalized spacial score (nSPS) is 15.0. The molecule has 2 heterocycles. The van der Waals surface area contributed by atoms with Gasteiger partial charge in [-0.3, -0.25) is 4.98 Å². The van der Waals surface area contributed by atoms with Gasteiger partial charge in [0.2, 0.25) is 21.7 Å². The second-order valence-corrected chi connectivity index (χ2v) is 9.04. The number of sulfonamides is 1. The minimum absolute atomic E-state index is 0.0774. The standard InChI is InChI=1S/C20H22N4O3S/c1-13(2)18(20-22-19(23-27-20)16-7-4-10-21-12-16)24-28(25,26)17-9-8-14-5-3-6-15(14)11-17/h4,7-13,18,24H,3,5-6H2,1-2H3/t18-/m0/s1. The van der Waals surface area contributed by atoms with Crippen LogP contribution in [0.2, 0.25) is 0 Å². The average molecular weight is 398 g/mol. The molecule has 146 valence electrons. The minimum atomic E-state index is -3.72. The third-order valence-corrected chi connectivity index (χ3v) is 6.40. The average Bonchev–Trinajstić information content (AvgIpc) is 3.35. The van der Waals surface area contributed by atoms with Crippen molar-refractivity contribution in [2.45, 2.75) is 44.0 Å². The molecule has 4 rings (SSSR count). The fraction of sp³-hybridized carbons (Fsp3) is 0.350. The van der Waals surface area contributed by atoms with Gasteiger partial charge >= 0.3 is 0 Å². The van der Waals surface area contributed by atoms with E-state index in [1.54, 1.807) is 30.6 Å². The monoisotopic (exact) mass is 398 g/mol. The van der Waals surface area contributed by atoms with Crippen molar-refractivity contribution in [2.75, 3.05) is 0 Å². The summed E-state index contributed by atoms with van der Waals surface area (Å²) in [5.41, 5.74) is 3.06. The summed E-state index contributed by atoms with van der Waals surface area (Å²) < 4.78 is 34.1. The second kappa shape index (κ2) is 7.44. The Kier molecular flexibility index (Phi) is 4.99. The zero-order valence-corrected chi connectivity index (χ0v) is 16.6. The number of hydrogen-bond acceptors (Lipinski definition) is 6. The van der Waals surface area contributed by atoms with Crippen LogP contribution < -0.4 is 4.72 Å². The number of rotatable bonds is 6. The van der Waals surface area contributed by atoms with Crippen molar-refractivity contribution in [3.63, 3.8) is 0 Å². The molecule has 2 aromatic heterocycles. The maximum Gasteiger partial charge on any atom is 0.245 e. The van der Waals surface area contributed by atoms with Crippen molar-refractivity contribution in [3.8, 4) is 11.4 Å². The molecule has 1 atom stereocenters. The van der Waals surface area contributed by atoms with Crippen molar-refractivity contribution in [1.29, 1.82) is 0 Å². The second-order valence-electron chi connectivity index (χ2n) is 7.32. The van der Waals surface area contributed by atoms with Crippen LogP contribution in [0.3, 0.4) is 0 Å². The topological polar surface area (TPSA) is 98.0 Å². The van der Waals surface area contributed by atoms with E-state index in [-0.39, 0.29) is 16.7 Å². The van der Waals surface area contributed by atoms with E-state index in [9.17, 15) is 8.42 Å². The number of aromatic nitrogens is 3. The summed E-state index contributed by atoms with van der Waals surface area (Å²) in [6.07, 6.45) is 6.29. The first kappa shape index (κ1) is 18.8. The summed E-state index contributed by atoms with van der Waals surface area (Å²) in [6.45, 7) is 3.81. The van der Waals surface area contributed by atoms with Gasteiger partial charge in [0.15, 0.2) is 0 Å². The Labute approximate surface area is 164 Å². The van der Waals surface area contributed by atoms with E-state index >= 15 is 0 Å². The van der Waals surface area contributed by atoms with Crippen LogP contribution in [0.5, 0.6) is 0 Å². The van der Waals surface area contributed by atoms with Crippen molar-refractivity contribution in [3.05, 3.63) is 59.7 Å². The molecule has 0 saturated heterocycles. The zero-order chi connectivity index (χ0) is 19.7. The van der Waals surface area contributed by atoms with E-state index in [1.165, 1.54) is 5.56 Å². The molecule has 0 amide bonds. The van der Waals surface area contributed by atoms with E-state index < -0.39 is 16.1 Å². The molecule has 28 heavy (non-hydrogen) atoms. The lowest BCUT2D eigenvalue weighted by Gasteiger charge is -2.19. The maximum absolute atomic E-state index is 13.0. The smallest absolute Gasteiger partial charge is 0.245 e. The maximum atomic E-state index is 13.0. The molecule has 1 aliphatic rings. The number of benzene rings is 1. The van der Waals surface area contributed by atoms with Crippen molar-refractivity contribution < 1.29 is 12.9 Å². The van der Waals surface area contributed by atoms with Crippen LogP contribution in [0.25, 0.3) is 11.4 Å². The van der Waals surface area contributed by atoms with E-state index in [1.807, 2.05) is 26.0 Å². The SMILES string of the molecule is CC(C)[C@H](NS(=O)(=O)c1ccc2c(c1)CCC2)c1nc(-c2cccnc2)no1. The lowest BCUT2D eigenvalue weighted by molar-refractivity contribution is 0.311. The molecule has 0 aliphatic heterocycles. The highest BCUT2D eigenvalue weighted by molar-refractivity contribution is 7.89. The Bertz CT molecular complexity index is 1080. The van der Waals surface area contributed by atoms with Crippen LogP contribution in [0.15, 0.2) is 52.1 Å². The van der Waals surface area contributed by atoms with Crippen LogP contribution in [0.1, 0.15) is 43.3 Å². The Morgan fingerprint density at radius 3 is 2.71 bits per heavy atom.